The van der Waals surface area contributed by atoms with Crippen LogP contribution in [0.25, 0.3) is 10.8 Å². The smallest absolute Gasteiger partial charge is 0.315 e. The standard InChI is InChI=1S/C19H23N3O2/c1-13(20-19(24)21-17-9-10-22(2)18(17)23)11-14-7-8-15-5-3-4-6-16(15)12-14/h3-8,12-13,17H,9-11H2,1-2H3,(H2,20,21,24)/t13-,17+/m1/s1. The third-order valence-corrected chi connectivity index (χ3v) is 4.47. The van der Waals surface area contributed by atoms with E-state index in [4.69, 9.17) is 0 Å². The van der Waals surface area contributed by atoms with Crippen molar-refractivity contribution in [1.82, 2.24) is 15.5 Å². The van der Waals surface area contributed by atoms with E-state index in [1.807, 2.05) is 19.1 Å². The maximum atomic E-state index is 12.1. The van der Waals surface area contributed by atoms with Gasteiger partial charge in [-0.1, -0.05) is 42.5 Å². The van der Waals surface area contributed by atoms with Gasteiger partial charge in [-0.3, -0.25) is 4.79 Å². The summed E-state index contributed by atoms with van der Waals surface area (Å²) in [4.78, 5) is 25.5. The molecule has 3 amide bonds. The predicted octanol–water partition coefficient (Wildman–Crippen LogP) is 2.30. The molecular weight excluding hydrogens is 302 g/mol. The number of urea groups is 1. The van der Waals surface area contributed by atoms with Crippen molar-refractivity contribution in [3.8, 4) is 0 Å². The number of amides is 3. The summed E-state index contributed by atoms with van der Waals surface area (Å²) in [5, 5.41) is 8.09. The van der Waals surface area contributed by atoms with Crippen LogP contribution in [-0.4, -0.2) is 42.5 Å². The van der Waals surface area contributed by atoms with Crippen molar-refractivity contribution >= 4 is 22.7 Å². The largest absolute Gasteiger partial charge is 0.344 e. The number of fused-ring (bicyclic) bond motifs is 1. The first-order chi connectivity index (χ1) is 11.5. The third kappa shape index (κ3) is 3.67. The van der Waals surface area contributed by atoms with Crippen molar-refractivity contribution in [1.29, 1.82) is 0 Å². The van der Waals surface area contributed by atoms with Crippen LogP contribution in [0, 0.1) is 0 Å². The summed E-state index contributed by atoms with van der Waals surface area (Å²) in [5.74, 6) is -0.0210. The van der Waals surface area contributed by atoms with Crippen molar-refractivity contribution in [2.45, 2.75) is 31.8 Å². The summed E-state index contributed by atoms with van der Waals surface area (Å²) in [6.07, 6.45) is 1.42. The zero-order valence-electron chi connectivity index (χ0n) is 14.1. The molecule has 2 aromatic carbocycles. The van der Waals surface area contributed by atoms with Gasteiger partial charge >= 0.3 is 6.03 Å². The van der Waals surface area contributed by atoms with Crippen molar-refractivity contribution in [2.75, 3.05) is 13.6 Å². The average Bonchev–Trinajstić information content (AvgIpc) is 2.86. The monoisotopic (exact) mass is 325 g/mol. The molecule has 24 heavy (non-hydrogen) atoms. The summed E-state index contributed by atoms with van der Waals surface area (Å²) >= 11 is 0. The minimum Gasteiger partial charge on any atom is -0.344 e. The van der Waals surface area contributed by atoms with E-state index in [2.05, 4.69) is 41.0 Å². The Morgan fingerprint density at radius 1 is 1.25 bits per heavy atom. The molecule has 0 aliphatic carbocycles. The Balaban J connectivity index is 1.55. The normalized spacial score (nSPS) is 18.7. The van der Waals surface area contributed by atoms with E-state index < -0.39 is 6.04 Å². The Kier molecular flexibility index (Phi) is 4.69. The van der Waals surface area contributed by atoms with Gasteiger partial charge in [0.15, 0.2) is 0 Å². The second-order valence-electron chi connectivity index (χ2n) is 6.51. The van der Waals surface area contributed by atoms with Gasteiger partial charge in [0, 0.05) is 19.6 Å². The first-order valence-electron chi connectivity index (χ1n) is 8.32. The van der Waals surface area contributed by atoms with Crippen LogP contribution in [0.5, 0.6) is 0 Å². The molecule has 2 N–H and O–H groups in total. The SMILES string of the molecule is C[C@H](Cc1ccc2ccccc2c1)NC(=O)N[C@H]1CCN(C)C1=O. The lowest BCUT2D eigenvalue weighted by molar-refractivity contribution is -0.128. The highest BCUT2D eigenvalue weighted by molar-refractivity contribution is 5.88. The molecule has 0 bridgehead atoms. The van der Waals surface area contributed by atoms with Crippen molar-refractivity contribution in [3.05, 3.63) is 48.0 Å². The predicted molar refractivity (Wildman–Crippen MR) is 94.8 cm³/mol. The van der Waals surface area contributed by atoms with Gasteiger partial charge in [0.2, 0.25) is 5.91 Å². The number of hydrogen-bond donors (Lipinski definition) is 2. The molecule has 0 saturated carbocycles. The first-order valence-corrected chi connectivity index (χ1v) is 8.32. The van der Waals surface area contributed by atoms with Crippen LogP contribution in [-0.2, 0) is 11.2 Å². The van der Waals surface area contributed by atoms with E-state index in [9.17, 15) is 9.59 Å². The molecule has 1 saturated heterocycles. The fourth-order valence-electron chi connectivity index (χ4n) is 3.15. The molecule has 1 aliphatic heterocycles. The van der Waals surface area contributed by atoms with Gasteiger partial charge in [0.05, 0.1) is 0 Å². The van der Waals surface area contributed by atoms with Crippen LogP contribution in [0.1, 0.15) is 18.9 Å². The fraction of sp³-hybridized carbons (Fsp3) is 0.368. The van der Waals surface area contributed by atoms with E-state index >= 15 is 0 Å². The maximum absolute atomic E-state index is 12.1. The molecule has 2 aromatic rings. The summed E-state index contributed by atoms with van der Waals surface area (Å²) in [7, 11) is 1.75. The molecule has 5 nitrogen and oxygen atoms in total. The van der Waals surface area contributed by atoms with Crippen molar-refractivity contribution < 1.29 is 9.59 Å². The van der Waals surface area contributed by atoms with Gasteiger partial charge in [0.1, 0.15) is 6.04 Å². The summed E-state index contributed by atoms with van der Waals surface area (Å²) in [6.45, 7) is 2.66. The van der Waals surface area contributed by atoms with Crippen LogP contribution in [0.4, 0.5) is 4.79 Å². The molecule has 0 spiro atoms. The van der Waals surface area contributed by atoms with Crippen LogP contribution in [0.3, 0.4) is 0 Å². The van der Waals surface area contributed by atoms with Crippen LogP contribution >= 0.6 is 0 Å². The van der Waals surface area contributed by atoms with E-state index in [1.165, 1.54) is 16.3 Å². The van der Waals surface area contributed by atoms with Crippen molar-refractivity contribution in [3.63, 3.8) is 0 Å². The number of likely N-dealkylation sites (N-methyl/N-ethyl adjacent to an activating group) is 1. The molecule has 1 aliphatic rings. The number of likely N-dealkylation sites (tertiary alicyclic amines) is 1. The molecule has 5 heteroatoms. The zero-order chi connectivity index (χ0) is 17.1. The second kappa shape index (κ2) is 6.91. The number of nitrogens with one attached hydrogen (secondary N) is 2. The molecule has 3 rings (SSSR count). The van der Waals surface area contributed by atoms with E-state index in [0.717, 1.165) is 6.42 Å². The highest BCUT2D eigenvalue weighted by Crippen LogP contribution is 2.16. The molecule has 1 fully saturated rings. The van der Waals surface area contributed by atoms with E-state index in [-0.39, 0.29) is 18.0 Å². The van der Waals surface area contributed by atoms with Gasteiger partial charge in [-0.25, -0.2) is 4.79 Å². The maximum Gasteiger partial charge on any atom is 0.315 e. The van der Waals surface area contributed by atoms with Gasteiger partial charge in [0.25, 0.3) is 0 Å². The van der Waals surface area contributed by atoms with Crippen molar-refractivity contribution in [2.24, 2.45) is 0 Å². The molecule has 0 unspecified atom stereocenters. The lowest BCUT2D eigenvalue weighted by atomic mass is 10.0. The molecular formula is C19H23N3O2. The Labute approximate surface area is 142 Å². The minimum atomic E-state index is -0.400. The molecule has 0 aromatic heterocycles. The van der Waals surface area contributed by atoms with Crippen LogP contribution in [0.2, 0.25) is 0 Å². The molecule has 126 valence electrons. The topological polar surface area (TPSA) is 61.4 Å². The second-order valence-corrected chi connectivity index (χ2v) is 6.51. The van der Waals surface area contributed by atoms with E-state index in [1.54, 1.807) is 11.9 Å². The Bertz CT molecular complexity index is 759. The van der Waals surface area contributed by atoms with Crippen LogP contribution < -0.4 is 10.6 Å². The number of benzene rings is 2. The lowest BCUT2D eigenvalue weighted by Gasteiger charge is -2.17. The average molecular weight is 325 g/mol. The van der Waals surface area contributed by atoms with E-state index in [0.29, 0.717) is 13.0 Å². The number of carbonyl (C=O) groups is 2. The number of hydrogen-bond acceptors (Lipinski definition) is 2. The van der Waals surface area contributed by atoms with Gasteiger partial charge < -0.3 is 15.5 Å². The minimum absolute atomic E-state index is 0.0135. The third-order valence-electron chi connectivity index (χ3n) is 4.47. The molecule has 2 atom stereocenters. The molecule has 1 heterocycles. The Morgan fingerprint density at radius 3 is 2.71 bits per heavy atom. The summed E-state index contributed by atoms with van der Waals surface area (Å²) in [6, 6.07) is 13.9. The number of nitrogens with zero attached hydrogens (tertiary/aromatic N) is 1. The molecule has 0 radical (unpaired) electrons. The summed E-state index contributed by atoms with van der Waals surface area (Å²) in [5.41, 5.74) is 1.18. The lowest BCUT2D eigenvalue weighted by Crippen LogP contribution is -2.48. The number of rotatable bonds is 4. The Morgan fingerprint density at radius 2 is 2.00 bits per heavy atom. The van der Waals surface area contributed by atoms with Crippen LogP contribution in [0.15, 0.2) is 42.5 Å². The quantitative estimate of drug-likeness (QED) is 0.906. The summed E-state index contributed by atoms with van der Waals surface area (Å²) < 4.78 is 0. The number of carbonyl (C=O) groups excluding carboxylic acids is 2. The zero-order valence-corrected chi connectivity index (χ0v) is 14.1. The highest BCUT2D eigenvalue weighted by Gasteiger charge is 2.30. The first kappa shape index (κ1) is 16.3. The highest BCUT2D eigenvalue weighted by atomic mass is 16.2. The van der Waals surface area contributed by atoms with Gasteiger partial charge in [-0.15, -0.1) is 0 Å². The fourth-order valence-corrected chi connectivity index (χ4v) is 3.15. The Hall–Kier alpha value is -2.56. The van der Waals surface area contributed by atoms with Gasteiger partial charge in [-0.05, 0) is 36.1 Å². The van der Waals surface area contributed by atoms with Gasteiger partial charge in [-0.2, -0.15) is 0 Å².